The number of anilines is 1. The molecule has 1 fully saturated rings. The van der Waals surface area contributed by atoms with E-state index in [0.717, 1.165) is 11.1 Å². The summed E-state index contributed by atoms with van der Waals surface area (Å²) in [5.41, 5.74) is 2.54. The normalized spacial score (nSPS) is 15.4. The van der Waals surface area contributed by atoms with Gasteiger partial charge in [0.1, 0.15) is 0 Å². The maximum atomic E-state index is 12.7. The van der Waals surface area contributed by atoms with Crippen LogP contribution in [0.5, 0.6) is 0 Å². The maximum absolute atomic E-state index is 12.7. The molecule has 2 aromatic carbocycles. The lowest BCUT2D eigenvalue weighted by Crippen LogP contribution is -2.50. The van der Waals surface area contributed by atoms with Crippen molar-refractivity contribution in [2.45, 2.75) is 31.6 Å². The zero-order chi connectivity index (χ0) is 24.2. The molecule has 180 valence electrons. The van der Waals surface area contributed by atoms with Gasteiger partial charge in [-0.2, -0.15) is 4.31 Å². The van der Waals surface area contributed by atoms with Gasteiger partial charge in [0.15, 0.2) is 0 Å². The van der Waals surface area contributed by atoms with Crippen molar-refractivity contribution < 1.29 is 21.6 Å². The first-order valence-electron chi connectivity index (χ1n) is 10.9. The van der Waals surface area contributed by atoms with Crippen LogP contribution < -0.4 is 4.31 Å². The van der Waals surface area contributed by atoms with E-state index in [1.807, 2.05) is 32.0 Å². The fraction of sp³-hybridized carbons (Fsp3) is 0.435. The molecular weight excluding hydrogens is 462 g/mol. The molecule has 0 aliphatic carbocycles. The number of benzene rings is 2. The molecule has 33 heavy (non-hydrogen) atoms. The quantitative estimate of drug-likeness (QED) is 0.563. The van der Waals surface area contributed by atoms with Gasteiger partial charge in [0.2, 0.25) is 26.0 Å². The molecular formula is C23H31N3O5S2. The standard InChI is InChI=1S/C23H31N3O5S2/c1-19-16-20(2)18-21(17-19)26(32(3,28)29)11-7-10-23(27)24-12-14-25(15-13-24)33(30,31)22-8-5-4-6-9-22/h4-6,8-9,16-18H,7,10-15H2,1-3H3. The number of amides is 1. The van der Waals surface area contributed by atoms with Crippen LogP contribution >= 0.6 is 0 Å². The van der Waals surface area contributed by atoms with E-state index >= 15 is 0 Å². The summed E-state index contributed by atoms with van der Waals surface area (Å²) in [4.78, 5) is 14.6. The molecule has 1 heterocycles. The van der Waals surface area contributed by atoms with E-state index in [1.165, 1.54) is 14.9 Å². The molecule has 0 N–H and O–H groups in total. The minimum atomic E-state index is -3.57. The first kappa shape index (κ1) is 25.2. The number of sulfonamides is 2. The van der Waals surface area contributed by atoms with Crippen molar-refractivity contribution in [2.24, 2.45) is 0 Å². The highest BCUT2D eigenvalue weighted by atomic mass is 32.2. The summed E-state index contributed by atoms with van der Waals surface area (Å²) in [5, 5.41) is 0. The fourth-order valence-electron chi connectivity index (χ4n) is 4.03. The van der Waals surface area contributed by atoms with Crippen LogP contribution in [0.25, 0.3) is 0 Å². The Morgan fingerprint density at radius 3 is 2.03 bits per heavy atom. The summed E-state index contributed by atoms with van der Waals surface area (Å²) in [6.45, 7) is 5.14. The van der Waals surface area contributed by atoms with Crippen LogP contribution in [-0.4, -0.2) is 70.9 Å². The first-order chi connectivity index (χ1) is 15.5. The second-order valence-electron chi connectivity index (χ2n) is 8.38. The minimum absolute atomic E-state index is 0.0966. The third-order valence-corrected chi connectivity index (χ3v) is 8.73. The summed E-state index contributed by atoms with van der Waals surface area (Å²) in [6.07, 6.45) is 1.74. The topological polar surface area (TPSA) is 95.1 Å². The van der Waals surface area contributed by atoms with Crippen LogP contribution in [-0.2, 0) is 24.8 Å². The molecule has 2 aromatic rings. The SMILES string of the molecule is Cc1cc(C)cc(N(CCCC(=O)N2CCN(S(=O)(=O)c3ccccc3)CC2)S(C)(=O)=O)c1. The monoisotopic (exact) mass is 493 g/mol. The summed E-state index contributed by atoms with van der Waals surface area (Å²) >= 11 is 0. The minimum Gasteiger partial charge on any atom is -0.340 e. The Bertz CT molecular complexity index is 1170. The van der Waals surface area contributed by atoms with Crippen molar-refractivity contribution in [3.63, 3.8) is 0 Å². The average molecular weight is 494 g/mol. The number of aryl methyl sites for hydroxylation is 2. The van der Waals surface area contributed by atoms with E-state index in [0.29, 0.717) is 25.2 Å². The number of rotatable bonds is 8. The van der Waals surface area contributed by atoms with E-state index in [1.54, 1.807) is 35.2 Å². The van der Waals surface area contributed by atoms with Gasteiger partial charge in [-0.1, -0.05) is 24.3 Å². The van der Waals surface area contributed by atoms with Crippen molar-refractivity contribution in [2.75, 3.05) is 43.3 Å². The van der Waals surface area contributed by atoms with Crippen molar-refractivity contribution in [3.8, 4) is 0 Å². The molecule has 8 nitrogen and oxygen atoms in total. The van der Waals surface area contributed by atoms with E-state index in [-0.39, 0.29) is 36.9 Å². The van der Waals surface area contributed by atoms with E-state index in [2.05, 4.69) is 0 Å². The highest BCUT2D eigenvalue weighted by molar-refractivity contribution is 7.92. The van der Waals surface area contributed by atoms with Crippen molar-refractivity contribution in [1.29, 1.82) is 0 Å². The molecule has 10 heteroatoms. The molecule has 0 bridgehead atoms. The Hall–Kier alpha value is -2.43. The molecule has 0 spiro atoms. The van der Waals surface area contributed by atoms with Crippen LogP contribution in [0.4, 0.5) is 5.69 Å². The number of piperazine rings is 1. The van der Waals surface area contributed by atoms with Crippen LogP contribution in [0.15, 0.2) is 53.4 Å². The molecule has 1 aliphatic rings. The molecule has 0 saturated carbocycles. The van der Waals surface area contributed by atoms with Gasteiger partial charge >= 0.3 is 0 Å². The number of nitrogens with zero attached hydrogens (tertiary/aromatic N) is 3. The predicted octanol–water partition coefficient (Wildman–Crippen LogP) is 2.38. The largest absolute Gasteiger partial charge is 0.340 e. The lowest BCUT2D eigenvalue weighted by molar-refractivity contribution is -0.132. The van der Waals surface area contributed by atoms with Crippen LogP contribution in [0.2, 0.25) is 0 Å². The molecule has 0 unspecified atom stereocenters. The Kier molecular flexibility index (Phi) is 7.81. The molecule has 1 saturated heterocycles. The van der Waals surface area contributed by atoms with Gasteiger partial charge in [-0.25, -0.2) is 16.8 Å². The van der Waals surface area contributed by atoms with Crippen molar-refractivity contribution in [3.05, 3.63) is 59.7 Å². The second kappa shape index (κ2) is 10.2. The third kappa shape index (κ3) is 6.33. The van der Waals surface area contributed by atoms with E-state index in [9.17, 15) is 21.6 Å². The summed E-state index contributed by atoms with van der Waals surface area (Å²) in [7, 11) is -7.06. The van der Waals surface area contributed by atoms with Gasteiger partial charge in [-0.15, -0.1) is 0 Å². The van der Waals surface area contributed by atoms with E-state index < -0.39 is 20.0 Å². The van der Waals surface area contributed by atoms with Crippen LogP contribution in [0.1, 0.15) is 24.0 Å². The molecule has 1 amide bonds. The lowest BCUT2D eigenvalue weighted by atomic mass is 10.1. The zero-order valence-electron chi connectivity index (χ0n) is 19.3. The number of hydrogen-bond acceptors (Lipinski definition) is 5. The Morgan fingerprint density at radius 1 is 0.909 bits per heavy atom. The van der Waals surface area contributed by atoms with E-state index in [4.69, 9.17) is 0 Å². The number of hydrogen-bond donors (Lipinski definition) is 0. The van der Waals surface area contributed by atoms with Crippen molar-refractivity contribution >= 4 is 31.6 Å². The van der Waals surface area contributed by atoms with Gasteiger partial charge in [0.05, 0.1) is 16.8 Å². The number of carbonyl (C=O) groups excluding carboxylic acids is 1. The average Bonchev–Trinajstić information content (AvgIpc) is 2.75. The molecule has 3 rings (SSSR count). The van der Waals surface area contributed by atoms with Crippen LogP contribution in [0, 0.1) is 13.8 Å². The Morgan fingerprint density at radius 2 is 1.48 bits per heavy atom. The van der Waals surface area contributed by atoms with Crippen molar-refractivity contribution in [1.82, 2.24) is 9.21 Å². The summed E-state index contributed by atoms with van der Waals surface area (Å²) in [6, 6.07) is 13.9. The highest BCUT2D eigenvalue weighted by Crippen LogP contribution is 2.22. The summed E-state index contributed by atoms with van der Waals surface area (Å²) < 4.78 is 52.9. The Labute approximate surface area is 196 Å². The summed E-state index contributed by atoms with van der Waals surface area (Å²) in [5.74, 6) is -0.0966. The Balaban J connectivity index is 1.56. The third-order valence-electron chi connectivity index (χ3n) is 5.62. The molecule has 0 atom stereocenters. The van der Waals surface area contributed by atoms with Gasteiger partial charge in [-0.3, -0.25) is 9.10 Å². The molecule has 0 radical (unpaired) electrons. The first-order valence-corrected chi connectivity index (χ1v) is 14.2. The fourth-order valence-corrected chi connectivity index (χ4v) is 6.42. The van der Waals surface area contributed by atoms with Crippen LogP contribution in [0.3, 0.4) is 0 Å². The smallest absolute Gasteiger partial charge is 0.243 e. The van der Waals surface area contributed by atoms with Gasteiger partial charge in [-0.05, 0) is 55.7 Å². The van der Waals surface area contributed by atoms with Gasteiger partial charge in [0, 0.05) is 39.1 Å². The highest BCUT2D eigenvalue weighted by Gasteiger charge is 2.30. The molecule has 1 aliphatic heterocycles. The maximum Gasteiger partial charge on any atom is 0.243 e. The van der Waals surface area contributed by atoms with Gasteiger partial charge in [0.25, 0.3) is 0 Å². The zero-order valence-corrected chi connectivity index (χ0v) is 20.9. The molecule has 0 aromatic heterocycles. The second-order valence-corrected chi connectivity index (χ2v) is 12.2. The van der Waals surface area contributed by atoms with Gasteiger partial charge < -0.3 is 4.90 Å². The lowest BCUT2D eigenvalue weighted by Gasteiger charge is -2.34. The number of carbonyl (C=O) groups is 1. The predicted molar refractivity (Wildman–Crippen MR) is 129 cm³/mol.